The van der Waals surface area contributed by atoms with Crippen molar-refractivity contribution in [2.24, 2.45) is 0 Å². The van der Waals surface area contributed by atoms with E-state index in [4.69, 9.17) is 4.74 Å². The molecule has 1 heterocycles. The number of rotatable bonds is 8. The van der Waals surface area contributed by atoms with Crippen LogP contribution in [0.4, 0.5) is 0 Å². The molecule has 1 atom stereocenters. The van der Waals surface area contributed by atoms with E-state index >= 15 is 0 Å². The average molecular weight is 273 g/mol. The Labute approximate surface area is 120 Å². The van der Waals surface area contributed by atoms with Crippen molar-refractivity contribution in [2.75, 3.05) is 13.7 Å². The van der Waals surface area contributed by atoms with E-state index in [1.165, 1.54) is 5.69 Å². The van der Waals surface area contributed by atoms with Crippen molar-refractivity contribution in [3.05, 3.63) is 48.3 Å². The minimum atomic E-state index is 0.271. The van der Waals surface area contributed by atoms with Crippen LogP contribution in [0.15, 0.2) is 42.6 Å². The third-order valence-electron chi connectivity index (χ3n) is 3.31. The molecule has 108 valence electrons. The summed E-state index contributed by atoms with van der Waals surface area (Å²) in [6.45, 7) is 3.81. The van der Waals surface area contributed by atoms with E-state index in [9.17, 15) is 0 Å². The highest BCUT2D eigenvalue weighted by molar-refractivity contribution is 5.20. The molecule has 0 saturated carbocycles. The van der Waals surface area contributed by atoms with Crippen molar-refractivity contribution in [1.29, 1.82) is 0 Å². The highest BCUT2D eigenvalue weighted by Crippen LogP contribution is 2.17. The Morgan fingerprint density at radius 2 is 2.05 bits per heavy atom. The van der Waals surface area contributed by atoms with Crippen LogP contribution in [0.25, 0.3) is 0 Å². The van der Waals surface area contributed by atoms with Crippen molar-refractivity contribution >= 4 is 0 Å². The van der Waals surface area contributed by atoms with Crippen LogP contribution in [0.2, 0.25) is 0 Å². The van der Waals surface area contributed by atoms with Gasteiger partial charge in [-0.3, -0.25) is 4.68 Å². The number of aromatic nitrogens is 2. The number of nitrogens with zero attached hydrogens (tertiary/aromatic N) is 2. The topological polar surface area (TPSA) is 39.1 Å². The summed E-state index contributed by atoms with van der Waals surface area (Å²) >= 11 is 0. The summed E-state index contributed by atoms with van der Waals surface area (Å²) in [6, 6.07) is 12.3. The lowest BCUT2D eigenvalue weighted by Gasteiger charge is -2.18. The normalized spacial score (nSPS) is 12.3. The summed E-state index contributed by atoms with van der Waals surface area (Å²) in [5.74, 6) is 0.921. The Morgan fingerprint density at radius 3 is 2.75 bits per heavy atom. The minimum absolute atomic E-state index is 0.271. The van der Waals surface area contributed by atoms with E-state index in [0.717, 1.165) is 25.1 Å². The van der Waals surface area contributed by atoms with Crippen LogP contribution < -0.4 is 10.1 Å². The maximum absolute atomic E-state index is 5.77. The number of aryl methyl sites for hydroxylation is 1. The van der Waals surface area contributed by atoms with E-state index < -0.39 is 0 Å². The lowest BCUT2D eigenvalue weighted by molar-refractivity contribution is 0.286. The van der Waals surface area contributed by atoms with Crippen LogP contribution in [0, 0.1) is 0 Å². The van der Waals surface area contributed by atoms with E-state index in [0.29, 0.717) is 6.61 Å². The number of para-hydroxylation sites is 1. The number of hydrogen-bond donors (Lipinski definition) is 1. The molecule has 0 saturated heterocycles. The molecular formula is C16H23N3O. The second-order valence-electron chi connectivity index (χ2n) is 4.77. The van der Waals surface area contributed by atoms with Gasteiger partial charge in [0.05, 0.1) is 18.3 Å². The number of nitrogens with one attached hydrogen (secondary N) is 1. The molecular weight excluding hydrogens is 250 g/mol. The van der Waals surface area contributed by atoms with Gasteiger partial charge in [0, 0.05) is 19.2 Å². The summed E-state index contributed by atoms with van der Waals surface area (Å²) in [6.07, 6.45) is 3.87. The Balaban J connectivity index is 1.90. The van der Waals surface area contributed by atoms with E-state index in [1.54, 1.807) is 0 Å². The highest BCUT2D eigenvalue weighted by atomic mass is 16.5. The van der Waals surface area contributed by atoms with Gasteiger partial charge in [0.1, 0.15) is 5.75 Å². The van der Waals surface area contributed by atoms with Gasteiger partial charge in [0.15, 0.2) is 0 Å². The largest absolute Gasteiger partial charge is 0.494 e. The van der Waals surface area contributed by atoms with Gasteiger partial charge < -0.3 is 10.1 Å². The fourth-order valence-corrected chi connectivity index (χ4v) is 2.29. The maximum atomic E-state index is 5.77. The molecule has 4 heteroatoms. The fourth-order valence-electron chi connectivity index (χ4n) is 2.29. The molecule has 1 unspecified atom stereocenters. The summed E-state index contributed by atoms with van der Waals surface area (Å²) in [5, 5.41) is 7.73. The Kier molecular flexibility index (Phi) is 5.62. The van der Waals surface area contributed by atoms with Gasteiger partial charge in [-0.05, 0) is 31.7 Å². The summed E-state index contributed by atoms with van der Waals surface area (Å²) in [4.78, 5) is 0. The van der Waals surface area contributed by atoms with Gasteiger partial charge >= 0.3 is 0 Å². The Bertz CT molecular complexity index is 495. The van der Waals surface area contributed by atoms with Crippen LogP contribution in [0.1, 0.15) is 31.5 Å². The van der Waals surface area contributed by atoms with Crippen molar-refractivity contribution in [2.45, 2.75) is 32.4 Å². The van der Waals surface area contributed by atoms with Gasteiger partial charge in [-0.15, -0.1) is 0 Å². The molecule has 0 radical (unpaired) electrons. The first kappa shape index (κ1) is 14.6. The molecule has 4 nitrogen and oxygen atoms in total. The summed E-state index contributed by atoms with van der Waals surface area (Å²) in [7, 11) is 1.98. The molecule has 0 spiro atoms. The smallest absolute Gasteiger partial charge is 0.119 e. The van der Waals surface area contributed by atoms with Crippen LogP contribution in [-0.2, 0) is 6.54 Å². The quantitative estimate of drug-likeness (QED) is 0.803. The molecule has 1 N–H and O–H groups in total. The molecule has 0 fully saturated rings. The van der Waals surface area contributed by atoms with E-state index in [2.05, 4.69) is 28.1 Å². The number of hydrogen-bond acceptors (Lipinski definition) is 3. The Hall–Kier alpha value is -1.81. The first-order chi connectivity index (χ1) is 9.85. The van der Waals surface area contributed by atoms with Crippen LogP contribution >= 0.6 is 0 Å². The molecule has 1 aromatic carbocycles. The monoisotopic (exact) mass is 273 g/mol. The predicted molar refractivity (Wildman–Crippen MR) is 80.9 cm³/mol. The first-order valence-electron chi connectivity index (χ1n) is 7.22. The van der Waals surface area contributed by atoms with Crippen LogP contribution in [-0.4, -0.2) is 23.4 Å². The maximum Gasteiger partial charge on any atom is 0.119 e. The zero-order valence-electron chi connectivity index (χ0n) is 12.2. The molecule has 2 aromatic rings. The van der Waals surface area contributed by atoms with Gasteiger partial charge in [0.25, 0.3) is 0 Å². The number of ether oxygens (including phenoxy) is 1. The molecule has 2 rings (SSSR count). The van der Waals surface area contributed by atoms with Crippen molar-refractivity contribution < 1.29 is 4.74 Å². The lowest BCUT2D eigenvalue weighted by atomic mass is 10.1. The molecule has 1 aromatic heterocycles. The third kappa shape index (κ3) is 3.84. The van der Waals surface area contributed by atoms with Gasteiger partial charge in [-0.25, -0.2) is 0 Å². The SMILES string of the molecule is CCCn1nccc1C(CCOc1ccccc1)NC. The molecule has 0 amide bonds. The van der Waals surface area contributed by atoms with E-state index in [-0.39, 0.29) is 6.04 Å². The Morgan fingerprint density at radius 1 is 1.25 bits per heavy atom. The zero-order chi connectivity index (χ0) is 14.2. The first-order valence-corrected chi connectivity index (χ1v) is 7.22. The van der Waals surface area contributed by atoms with Crippen LogP contribution in [0.5, 0.6) is 5.75 Å². The summed E-state index contributed by atoms with van der Waals surface area (Å²) in [5.41, 5.74) is 1.23. The predicted octanol–water partition coefficient (Wildman–Crippen LogP) is 3.02. The standard InChI is InChI=1S/C16H23N3O/c1-3-12-19-16(9-11-18-19)15(17-2)10-13-20-14-7-5-4-6-8-14/h4-9,11,15,17H,3,10,12-13H2,1-2H3. The molecule has 0 aliphatic heterocycles. The molecule has 0 aliphatic carbocycles. The molecule has 0 aliphatic rings. The fraction of sp³-hybridized carbons (Fsp3) is 0.438. The average Bonchev–Trinajstić information content (AvgIpc) is 2.93. The summed E-state index contributed by atoms with van der Waals surface area (Å²) < 4.78 is 7.84. The third-order valence-corrected chi connectivity index (χ3v) is 3.31. The second kappa shape index (κ2) is 7.70. The lowest BCUT2D eigenvalue weighted by Crippen LogP contribution is -2.22. The van der Waals surface area contributed by atoms with Gasteiger partial charge in [0.2, 0.25) is 0 Å². The van der Waals surface area contributed by atoms with Crippen LogP contribution in [0.3, 0.4) is 0 Å². The van der Waals surface area contributed by atoms with Gasteiger partial charge in [-0.2, -0.15) is 5.10 Å². The minimum Gasteiger partial charge on any atom is -0.494 e. The number of benzene rings is 1. The second-order valence-corrected chi connectivity index (χ2v) is 4.77. The molecule has 20 heavy (non-hydrogen) atoms. The van der Waals surface area contributed by atoms with Gasteiger partial charge in [-0.1, -0.05) is 25.1 Å². The highest BCUT2D eigenvalue weighted by Gasteiger charge is 2.14. The van der Waals surface area contributed by atoms with Crippen molar-refractivity contribution in [1.82, 2.24) is 15.1 Å². The zero-order valence-corrected chi connectivity index (χ0v) is 12.2. The van der Waals surface area contributed by atoms with E-state index in [1.807, 2.05) is 43.6 Å². The van der Waals surface area contributed by atoms with Crippen molar-refractivity contribution in [3.63, 3.8) is 0 Å². The van der Waals surface area contributed by atoms with Crippen molar-refractivity contribution in [3.8, 4) is 5.75 Å². The molecule has 0 bridgehead atoms.